The number of rotatable bonds is 3. The summed E-state index contributed by atoms with van der Waals surface area (Å²) in [6.45, 7) is 0.916. The van der Waals surface area contributed by atoms with Crippen molar-refractivity contribution >= 4 is 5.91 Å². The molecule has 0 unspecified atom stereocenters. The minimum absolute atomic E-state index is 0.253. The predicted molar refractivity (Wildman–Crippen MR) is 52.2 cm³/mol. The van der Waals surface area contributed by atoms with Crippen LogP contribution in [0.2, 0.25) is 0 Å². The van der Waals surface area contributed by atoms with Crippen LogP contribution in [0.4, 0.5) is 0 Å². The van der Waals surface area contributed by atoms with Crippen molar-refractivity contribution in [2.45, 2.75) is 32.1 Å². The second kappa shape index (κ2) is 3.95. The number of amides is 1. The number of nitrogens with one attached hydrogen (secondary N) is 1. The first kappa shape index (κ1) is 8.79. The Bertz CT molecular complexity index is 218. The average molecular weight is 179 g/mol. The van der Waals surface area contributed by atoms with Gasteiger partial charge in [-0.3, -0.25) is 4.79 Å². The summed E-state index contributed by atoms with van der Waals surface area (Å²) < 4.78 is 0. The van der Waals surface area contributed by atoms with Crippen molar-refractivity contribution in [1.29, 1.82) is 0 Å². The minimum atomic E-state index is 0.253. The highest BCUT2D eigenvalue weighted by Gasteiger charge is 2.24. The van der Waals surface area contributed by atoms with Crippen LogP contribution >= 0.6 is 0 Å². The van der Waals surface area contributed by atoms with E-state index in [2.05, 4.69) is 17.5 Å². The van der Waals surface area contributed by atoms with Crippen molar-refractivity contribution in [2.24, 2.45) is 11.8 Å². The van der Waals surface area contributed by atoms with E-state index in [-0.39, 0.29) is 11.8 Å². The van der Waals surface area contributed by atoms with Crippen LogP contribution < -0.4 is 5.32 Å². The Hall–Kier alpha value is -0.790. The van der Waals surface area contributed by atoms with Gasteiger partial charge in [0.1, 0.15) is 0 Å². The molecule has 1 fully saturated rings. The number of carbonyl (C=O) groups is 1. The minimum Gasteiger partial charge on any atom is -0.356 e. The Morgan fingerprint density at radius 2 is 2.15 bits per heavy atom. The standard InChI is InChI=1S/C11H17NO/c13-11(12-8-9-6-7-9)10-4-2-1-3-5-10/h1-2,9-10H,3-8H2,(H,12,13)/t10-/m1/s1. The van der Waals surface area contributed by atoms with Gasteiger partial charge in [-0.2, -0.15) is 0 Å². The SMILES string of the molecule is O=C(NCC1CC1)[C@@H]1CC=CCC1. The molecule has 1 atom stereocenters. The van der Waals surface area contributed by atoms with E-state index in [1.165, 1.54) is 12.8 Å². The van der Waals surface area contributed by atoms with Crippen molar-refractivity contribution in [1.82, 2.24) is 5.32 Å². The van der Waals surface area contributed by atoms with Crippen molar-refractivity contribution in [3.8, 4) is 0 Å². The summed E-state index contributed by atoms with van der Waals surface area (Å²) in [6.07, 6.45) is 9.97. The van der Waals surface area contributed by atoms with Crippen molar-refractivity contribution in [3.05, 3.63) is 12.2 Å². The van der Waals surface area contributed by atoms with Crippen LogP contribution in [0.25, 0.3) is 0 Å². The fraction of sp³-hybridized carbons (Fsp3) is 0.727. The summed E-state index contributed by atoms with van der Waals surface area (Å²) in [5.74, 6) is 1.32. The Morgan fingerprint density at radius 3 is 2.77 bits per heavy atom. The van der Waals surface area contributed by atoms with Gasteiger partial charge in [0.25, 0.3) is 0 Å². The lowest BCUT2D eigenvalue weighted by Crippen LogP contribution is -2.32. The molecule has 13 heavy (non-hydrogen) atoms. The number of carbonyl (C=O) groups excluding carboxylic acids is 1. The van der Waals surface area contributed by atoms with Crippen LogP contribution in [-0.4, -0.2) is 12.5 Å². The molecule has 0 bridgehead atoms. The van der Waals surface area contributed by atoms with Crippen LogP contribution in [0.15, 0.2) is 12.2 Å². The van der Waals surface area contributed by atoms with Crippen LogP contribution in [0.1, 0.15) is 32.1 Å². The summed E-state index contributed by atoms with van der Waals surface area (Å²) in [5.41, 5.74) is 0. The first-order valence-corrected chi connectivity index (χ1v) is 5.29. The maximum atomic E-state index is 11.6. The molecular formula is C11H17NO. The van der Waals surface area contributed by atoms with Gasteiger partial charge in [-0.25, -0.2) is 0 Å². The zero-order valence-electron chi connectivity index (χ0n) is 7.96. The molecule has 0 saturated heterocycles. The summed E-state index contributed by atoms with van der Waals surface area (Å²) in [4.78, 5) is 11.6. The highest BCUT2D eigenvalue weighted by molar-refractivity contribution is 5.78. The van der Waals surface area contributed by atoms with Crippen LogP contribution in [0, 0.1) is 11.8 Å². The number of hydrogen-bond acceptors (Lipinski definition) is 1. The van der Waals surface area contributed by atoms with E-state index >= 15 is 0 Å². The monoisotopic (exact) mass is 179 g/mol. The molecule has 2 rings (SSSR count). The maximum absolute atomic E-state index is 11.6. The Kier molecular flexibility index (Phi) is 2.67. The molecule has 0 spiro atoms. The van der Waals surface area contributed by atoms with E-state index in [0.29, 0.717) is 0 Å². The lowest BCUT2D eigenvalue weighted by molar-refractivity contribution is -0.125. The zero-order valence-corrected chi connectivity index (χ0v) is 7.96. The molecule has 0 aliphatic heterocycles. The van der Waals surface area contributed by atoms with E-state index in [9.17, 15) is 4.79 Å². The van der Waals surface area contributed by atoms with Crippen LogP contribution in [-0.2, 0) is 4.79 Å². The number of allylic oxidation sites excluding steroid dienone is 2. The third-order valence-electron chi connectivity index (χ3n) is 2.90. The second-order valence-corrected chi connectivity index (χ2v) is 4.17. The molecule has 2 nitrogen and oxygen atoms in total. The predicted octanol–water partition coefficient (Wildman–Crippen LogP) is 1.87. The second-order valence-electron chi connectivity index (χ2n) is 4.17. The van der Waals surface area contributed by atoms with Gasteiger partial charge in [0.15, 0.2) is 0 Å². The molecule has 0 heterocycles. The van der Waals surface area contributed by atoms with Crippen LogP contribution in [0.3, 0.4) is 0 Å². The van der Waals surface area contributed by atoms with Gasteiger partial charge in [0.05, 0.1) is 0 Å². The Labute approximate surface area is 79.4 Å². The summed E-state index contributed by atoms with van der Waals surface area (Å²) in [6, 6.07) is 0. The highest BCUT2D eigenvalue weighted by Crippen LogP contribution is 2.28. The largest absolute Gasteiger partial charge is 0.356 e. The smallest absolute Gasteiger partial charge is 0.223 e. The maximum Gasteiger partial charge on any atom is 0.223 e. The van der Waals surface area contributed by atoms with Crippen molar-refractivity contribution in [2.75, 3.05) is 6.54 Å². The van der Waals surface area contributed by atoms with Gasteiger partial charge in [-0.1, -0.05) is 12.2 Å². The van der Waals surface area contributed by atoms with Gasteiger partial charge in [-0.05, 0) is 38.0 Å². The van der Waals surface area contributed by atoms with Crippen LogP contribution in [0.5, 0.6) is 0 Å². The molecule has 2 heteroatoms. The molecule has 2 aliphatic rings. The first-order valence-electron chi connectivity index (χ1n) is 5.29. The third-order valence-corrected chi connectivity index (χ3v) is 2.90. The molecule has 1 amide bonds. The normalized spacial score (nSPS) is 27.2. The van der Waals surface area contributed by atoms with E-state index in [4.69, 9.17) is 0 Å². The highest BCUT2D eigenvalue weighted by atomic mass is 16.1. The summed E-state index contributed by atoms with van der Waals surface area (Å²) in [7, 11) is 0. The van der Waals surface area contributed by atoms with Crippen molar-refractivity contribution in [3.63, 3.8) is 0 Å². The molecule has 1 N–H and O–H groups in total. The summed E-state index contributed by atoms with van der Waals surface area (Å²) in [5, 5.41) is 3.04. The first-order chi connectivity index (χ1) is 6.36. The fourth-order valence-electron chi connectivity index (χ4n) is 1.74. The van der Waals surface area contributed by atoms with E-state index in [0.717, 1.165) is 31.7 Å². The van der Waals surface area contributed by atoms with Crippen molar-refractivity contribution < 1.29 is 4.79 Å². The zero-order chi connectivity index (χ0) is 9.10. The number of hydrogen-bond donors (Lipinski definition) is 1. The van der Waals surface area contributed by atoms with Gasteiger partial charge in [-0.15, -0.1) is 0 Å². The molecule has 1 saturated carbocycles. The van der Waals surface area contributed by atoms with Gasteiger partial charge in [0, 0.05) is 12.5 Å². The lowest BCUT2D eigenvalue weighted by Gasteiger charge is -2.16. The van der Waals surface area contributed by atoms with E-state index in [1.54, 1.807) is 0 Å². The van der Waals surface area contributed by atoms with Gasteiger partial charge >= 0.3 is 0 Å². The average Bonchev–Trinajstić information content (AvgIpc) is 2.99. The molecule has 2 aliphatic carbocycles. The molecular weight excluding hydrogens is 162 g/mol. The van der Waals surface area contributed by atoms with Gasteiger partial charge < -0.3 is 5.32 Å². The molecule has 0 aromatic heterocycles. The summed E-state index contributed by atoms with van der Waals surface area (Å²) >= 11 is 0. The lowest BCUT2D eigenvalue weighted by atomic mass is 9.94. The Balaban J connectivity index is 1.71. The molecule has 72 valence electrons. The Morgan fingerprint density at radius 1 is 1.31 bits per heavy atom. The molecule has 0 aromatic rings. The third kappa shape index (κ3) is 2.58. The topological polar surface area (TPSA) is 29.1 Å². The molecule has 0 radical (unpaired) electrons. The molecule has 0 aromatic carbocycles. The van der Waals surface area contributed by atoms with E-state index < -0.39 is 0 Å². The van der Waals surface area contributed by atoms with E-state index in [1.807, 2.05) is 0 Å². The fourth-order valence-corrected chi connectivity index (χ4v) is 1.74. The van der Waals surface area contributed by atoms with Gasteiger partial charge in [0.2, 0.25) is 5.91 Å². The quantitative estimate of drug-likeness (QED) is 0.658.